The number of nitrogens with zero attached hydrogens (tertiary/aromatic N) is 2. The smallest absolute Gasteiger partial charge is 0.244 e. The molecule has 0 radical (unpaired) electrons. The maximum atomic E-state index is 12.3. The maximum absolute atomic E-state index is 12.3. The molecule has 3 atom stereocenters. The van der Waals surface area contributed by atoms with Crippen LogP contribution in [0, 0.1) is 0 Å². The van der Waals surface area contributed by atoms with Crippen molar-refractivity contribution in [3.05, 3.63) is 0 Å². The standard InChI is InChI=1S/C12H21N3O3/c1-14(2)12(18)10-4-3-5-15(10)11(17)9-6-8(16)7-13-9/h8-10,13,16H,3-7H2,1-2H3. The van der Waals surface area contributed by atoms with E-state index in [4.69, 9.17) is 0 Å². The summed E-state index contributed by atoms with van der Waals surface area (Å²) < 4.78 is 0. The Morgan fingerprint density at radius 1 is 1.39 bits per heavy atom. The fourth-order valence-corrected chi connectivity index (χ4v) is 2.69. The minimum Gasteiger partial charge on any atom is -0.392 e. The first kappa shape index (κ1) is 13.3. The zero-order valence-electron chi connectivity index (χ0n) is 10.9. The molecule has 2 aliphatic heterocycles. The first-order valence-corrected chi connectivity index (χ1v) is 6.44. The molecule has 0 aromatic rings. The minimum atomic E-state index is -0.454. The lowest BCUT2D eigenvalue weighted by atomic mass is 10.1. The molecular formula is C12H21N3O3. The molecule has 2 heterocycles. The van der Waals surface area contributed by atoms with Gasteiger partial charge in [0, 0.05) is 27.2 Å². The Hall–Kier alpha value is -1.14. The van der Waals surface area contributed by atoms with Crippen molar-refractivity contribution in [1.29, 1.82) is 0 Å². The van der Waals surface area contributed by atoms with Crippen molar-refractivity contribution in [3.63, 3.8) is 0 Å². The molecule has 0 aliphatic carbocycles. The molecular weight excluding hydrogens is 234 g/mol. The lowest BCUT2D eigenvalue weighted by Crippen LogP contribution is -2.50. The molecule has 3 unspecified atom stereocenters. The molecule has 6 heteroatoms. The molecule has 18 heavy (non-hydrogen) atoms. The van der Waals surface area contributed by atoms with Gasteiger partial charge in [0.15, 0.2) is 0 Å². The maximum Gasteiger partial charge on any atom is 0.244 e. The highest BCUT2D eigenvalue weighted by molar-refractivity contribution is 5.90. The van der Waals surface area contributed by atoms with Gasteiger partial charge in [0.05, 0.1) is 12.1 Å². The lowest BCUT2D eigenvalue weighted by Gasteiger charge is -2.28. The average Bonchev–Trinajstić information content (AvgIpc) is 2.95. The first-order chi connectivity index (χ1) is 8.50. The van der Waals surface area contributed by atoms with Crippen LogP contribution in [0.3, 0.4) is 0 Å². The van der Waals surface area contributed by atoms with Crippen LogP contribution >= 0.6 is 0 Å². The van der Waals surface area contributed by atoms with Gasteiger partial charge in [0.1, 0.15) is 6.04 Å². The molecule has 2 fully saturated rings. The van der Waals surface area contributed by atoms with Crippen LogP contribution in [-0.4, -0.2) is 72.1 Å². The molecule has 2 aliphatic rings. The summed E-state index contributed by atoms with van der Waals surface area (Å²) in [6.45, 7) is 1.09. The fourth-order valence-electron chi connectivity index (χ4n) is 2.69. The number of aliphatic hydroxyl groups is 1. The van der Waals surface area contributed by atoms with Gasteiger partial charge >= 0.3 is 0 Å². The summed E-state index contributed by atoms with van der Waals surface area (Å²) in [6.07, 6.45) is 1.59. The second-order valence-electron chi connectivity index (χ2n) is 5.27. The number of rotatable bonds is 2. The van der Waals surface area contributed by atoms with E-state index in [0.29, 0.717) is 19.5 Å². The number of likely N-dealkylation sites (N-methyl/N-ethyl adjacent to an activating group) is 1. The highest BCUT2D eigenvalue weighted by atomic mass is 16.3. The third-order valence-corrected chi connectivity index (χ3v) is 3.67. The molecule has 0 aromatic carbocycles. The molecule has 2 N–H and O–H groups in total. The number of hydrogen-bond acceptors (Lipinski definition) is 4. The third-order valence-electron chi connectivity index (χ3n) is 3.67. The fraction of sp³-hybridized carbons (Fsp3) is 0.833. The Balaban J connectivity index is 2.03. The summed E-state index contributed by atoms with van der Waals surface area (Å²) in [4.78, 5) is 27.5. The monoisotopic (exact) mass is 255 g/mol. The van der Waals surface area contributed by atoms with Crippen molar-refractivity contribution in [2.24, 2.45) is 0 Å². The summed E-state index contributed by atoms with van der Waals surface area (Å²) in [7, 11) is 3.42. The van der Waals surface area contributed by atoms with Crippen molar-refractivity contribution in [1.82, 2.24) is 15.1 Å². The van der Waals surface area contributed by atoms with Crippen LogP contribution in [0.25, 0.3) is 0 Å². The predicted molar refractivity (Wildman–Crippen MR) is 65.8 cm³/mol. The largest absolute Gasteiger partial charge is 0.392 e. The molecule has 0 bridgehead atoms. The summed E-state index contributed by atoms with van der Waals surface area (Å²) >= 11 is 0. The molecule has 2 amide bonds. The van der Waals surface area contributed by atoms with Gasteiger partial charge in [-0.15, -0.1) is 0 Å². The van der Waals surface area contributed by atoms with Gasteiger partial charge in [0.2, 0.25) is 11.8 Å². The Morgan fingerprint density at radius 3 is 2.67 bits per heavy atom. The lowest BCUT2D eigenvalue weighted by molar-refractivity contribution is -0.143. The van der Waals surface area contributed by atoms with Crippen molar-refractivity contribution in [3.8, 4) is 0 Å². The van der Waals surface area contributed by atoms with E-state index in [1.165, 1.54) is 4.90 Å². The predicted octanol–water partition coefficient (Wildman–Crippen LogP) is -1.21. The average molecular weight is 255 g/mol. The van der Waals surface area contributed by atoms with E-state index in [1.54, 1.807) is 19.0 Å². The van der Waals surface area contributed by atoms with Crippen LogP contribution in [0.1, 0.15) is 19.3 Å². The second-order valence-corrected chi connectivity index (χ2v) is 5.27. The van der Waals surface area contributed by atoms with Crippen LogP contribution in [0.2, 0.25) is 0 Å². The summed E-state index contributed by atoms with van der Waals surface area (Å²) in [5, 5.41) is 12.5. The topological polar surface area (TPSA) is 72.9 Å². The van der Waals surface area contributed by atoms with Crippen molar-refractivity contribution >= 4 is 11.8 Å². The zero-order valence-corrected chi connectivity index (χ0v) is 10.9. The van der Waals surface area contributed by atoms with E-state index in [9.17, 15) is 14.7 Å². The third kappa shape index (κ3) is 2.49. The van der Waals surface area contributed by atoms with Crippen LogP contribution in [0.5, 0.6) is 0 Å². The molecule has 102 valence electrons. The van der Waals surface area contributed by atoms with E-state index < -0.39 is 6.10 Å². The van der Waals surface area contributed by atoms with Crippen molar-refractivity contribution < 1.29 is 14.7 Å². The van der Waals surface area contributed by atoms with Crippen LogP contribution in [-0.2, 0) is 9.59 Å². The molecule has 0 aromatic heterocycles. The number of aliphatic hydroxyl groups excluding tert-OH is 1. The van der Waals surface area contributed by atoms with Gasteiger partial charge in [-0.05, 0) is 19.3 Å². The quantitative estimate of drug-likeness (QED) is 0.649. The van der Waals surface area contributed by atoms with Crippen LogP contribution in [0.4, 0.5) is 0 Å². The summed E-state index contributed by atoms with van der Waals surface area (Å²) in [5.74, 6) is -0.0661. The Labute approximate surface area is 107 Å². The number of carbonyl (C=O) groups excluding carboxylic acids is 2. The van der Waals surface area contributed by atoms with Gasteiger partial charge in [-0.1, -0.05) is 0 Å². The molecule has 0 spiro atoms. The number of nitrogens with one attached hydrogen (secondary N) is 1. The SMILES string of the molecule is CN(C)C(=O)C1CCCN1C(=O)C1CC(O)CN1. The molecule has 0 saturated carbocycles. The Morgan fingerprint density at radius 2 is 2.11 bits per heavy atom. The van der Waals surface area contributed by atoms with Crippen LogP contribution in [0.15, 0.2) is 0 Å². The highest BCUT2D eigenvalue weighted by Crippen LogP contribution is 2.21. The highest BCUT2D eigenvalue weighted by Gasteiger charge is 2.39. The van der Waals surface area contributed by atoms with E-state index in [0.717, 1.165) is 12.8 Å². The number of hydrogen-bond donors (Lipinski definition) is 2. The number of likely N-dealkylation sites (tertiary alicyclic amines) is 1. The van der Waals surface area contributed by atoms with E-state index >= 15 is 0 Å². The number of amides is 2. The zero-order chi connectivity index (χ0) is 13.3. The first-order valence-electron chi connectivity index (χ1n) is 6.44. The Kier molecular flexibility index (Phi) is 3.87. The second kappa shape index (κ2) is 5.24. The molecule has 6 nitrogen and oxygen atoms in total. The summed E-state index contributed by atoms with van der Waals surface area (Å²) in [5.41, 5.74) is 0. The van der Waals surface area contributed by atoms with Crippen molar-refractivity contribution in [2.45, 2.75) is 37.5 Å². The van der Waals surface area contributed by atoms with Crippen molar-refractivity contribution in [2.75, 3.05) is 27.2 Å². The van der Waals surface area contributed by atoms with Gasteiger partial charge < -0.3 is 20.2 Å². The van der Waals surface area contributed by atoms with Gasteiger partial charge in [-0.2, -0.15) is 0 Å². The van der Waals surface area contributed by atoms with E-state index in [-0.39, 0.29) is 23.9 Å². The molecule has 2 saturated heterocycles. The van der Waals surface area contributed by atoms with Gasteiger partial charge in [-0.3, -0.25) is 9.59 Å². The summed E-state index contributed by atoms with van der Waals surface area (Å²) in [6, 6.07) is -0.664. The van der Waals surface area contributed by atoms with Crippen LogP contribution < -0.4 is 5.32 Å². The van der Waals surface area contributed by atoms with Gasteiger partial charge in [0.25, 0.3) is 0 Å². The molecule has 2 rings (SSSR count). The minimum absolute atomic E-state index is 0.0144. The Bertz CT molecular complexity index is 345. The van der Waals surface area contributed by atoms with E-state index in [2.05, 4.69) is 5.32 Å². The number of carbonyl (C=O) groups is 2. The van der Waals surface area contributed by atoms with Gasteiger partial charge in [-0.25, -0.2) is 0 Å². The van der Waals surface area contributed by atoms with E-state index in [1.807, 2.05) is 0 Å². The number of β-amino-alcohol motifs (C(OH)–C–C–N with tert-alkyl or cyclic N) is 1. The normalized spacial score (nSPS) is 31.7.